The van der Waals surface area contributed by atoms with Crippen molar-refractivity contribution in [3.8, 4) is 0 Å². The number of rotatable bonds is 4. The largest absolute Gasteiger partial charge is 0.444 e. The molecular formula is C18H37NO4Si. The van der Waals surface area contributed by atoms with Crippen LogP contribution in [-0.2, 0) is 9.16 Å². The van der Waals surface area contributed by atoms with Gasteiger partial charge >= 0.3 is 6.09 Å². The van der Waals surface area contributed by atoms with Gasteiger partial charge in [-0.15, -0.1) is 0 Å². The molecule has 0 aromatic carbocycles. The first kappa shape index (κ1) is 21.4. The molecule has 3 atom stereocenters. The van der Waals surface area contributed by atoms with E-state index in [0.717, 1.165) is 19.3 Å². The molecule has 6 heteroatoms. The van der Waals surface area contributed by atoms with Crippen molar-refractivity contribution in [2.24, 2.45) is 5.92 Å². The molecule has 1 aliphatic rings. The first-order chi connectivity index (χ1) is 10.7. The third-order valence-corrected chi connectivity index (χ3v) is 9.67. The van der Waals surface area contributed by atoms with Crippen molar-refractivity contribution in [2.45, 2.75) is 96.7 Å². The van der Waals surface area contributed by atoms with Crippen LogP contribution in [0.1, 0.15) is 60.8 Å². The summed E-state index contributed by atoms with van der Waals surface area (Å²) >= 11 is 0. The summed E-state index contributed by atoms with van der Waals surface area (Å²) < 4.78 is 11.8. The van der Waals surface area contributed by atoms with Crippen LogP contribution in [0.5, 0.6) is 0 Å². The molecule has 1 rings (SSSR count). The van der Waals surface area contributed by atoms with Gasteiger partial charge in [-0.3, -0.25) is 0 Å². The van der Waals surface area contributed by atoms with E-state index in [2.05, 4.69) is 39.2 Å². The van der Waals surface area contributed by atoms with Gasteiger partial charge < -0.3 is 19.6 Å². The van der Waals surface area contributed by atoms with Crippen molar-refractivity contribution in [1.82, 2.24) is 5.32 Å². The zero-order valence-corrected chi connectivity index (χ0v) is 17.7. The maximum Gasteiger partial charge on any atom is 0.407 e. The number of hydrogen-bond donors (Lipinski definition) is 2. The summed E-state index contributed by atoms with van der Waals surface area (Å²) in [6.45, 7) is 16.8. The molecule has 0 aliphatic heterocycles. The van der Waals surface area contributed by atoms with Crippen LogP contribution < -0.4 is 5.32 Å². The van der Waals surface area contributed by atoms with Crippen LogP contribution in [0.3, 0.4) is 0 Å². The summed E-state index contributed by atoms with van der Waals surface area (Å²) in [5.41, 5.74) is -0.512. The molecule has 5 nitrogen and oxygen atoms in total. The summed E-state index contributed by atoms with van der Waals surface area (Å²) in [7, 11) is -1.81. The number of hydrogen-bond acceptors (Lipinski definition) is 4. The molecule has 0 aromatic heterocycles. The topological polar surface area (TPSA) is 67.8 Å². The lowest BCUT2D eigenvalue weighted by Gasteiger charge is -2.43. The maximum atomic E-state index is 12.0. The van der Waals surface area contributed by atoms with E-state index in [1.807, 2.05) is 20.8 Å². The number of aliphatic hydroxyl groups excluding tert-OH is 1. The SMILES string of the molecule is CC(C)(C)OC(=O)N[C@H]1CC[C@H](O[Si](C)(C)C(C)(C)C)C[C@@H]1CO. The zero-order chi connectivity index (χ0) is 18.8. The quantitative estimate of drug-likeness (QED) is 0.743. The van der Waals surface area contributed by atoms with Crippen LogP contribution in [0.15, 0.2) is 0 Å². The van der Waals surface area contributed by atoms with Crippen LogP contribution in [0.4, 0.5) is 4.79 Å². The average molecular weight is 360 g/mol. The first-order valence-electron chi connectivity index (χ1n) is 9.03. The minimum Gasteiger partial charge on any atom is -0.444 e. The van der Waals surface area contributed by atoms with Gasteiger partial charge in [-0.05, 0) is 58.2 Å². The normalized spacial score (nSPS) is 26.1. The molecule has 0 heterocycles. The van der Waals surface area contributed by atoms with Crippen LogP contribution >= 0.6 is 0 Å². The van der Waals surface area contributed by atoms with E-state index >= 15 is 0 Å². The number of nitrogens with one attached hydrogen (secondary N) is 1. The Bertz CT molecular complexity index is 426. The molecule has 1 saturated carbocycles. The number of amides is 1. The van der Waals surface area contributed by atoms with Gasteiger partial charge in [-0.1, -0.05) is 20.8 Å². The summed E-state index contributed by atoms with van der Waals surface area (Å²) in [5.74, 6) is 0.0148. The first-order valence-corrected chi connectivity index (χ1v) is 11.9. The Morgan fingerprint density at radius 2 is 1.75 bits per heavy atom. The van der Waals surface area contributed by atoms with Gasteiger partial charge in [0.2, 0.25) is 0 Å². The van der Waals surface area contributed by atoms with Gasteiger partial charge in [0, 0.05) is 24.7 Å². The van der Waals surface area contributed by atoms with Crippen LogP contribution in [0.25, 0.3) is 0 Å². The van der Waals surface area contributed by atoms with Gasteiger partial charge in [0.1, 0.15) is 5.60 Å². The summed E-state index contributed by atoms with van der Waals surface area (Å²) in [4.78, 5) is 12.0. The third-order valence-electron chi connectivity index (χ3n) is 5.14. The van der Waals surface area contributed by atoms with E-state index in [4.69, 9.17) is 9.16 Å². The molecule has 1 fully saturated rings. The van der Waals surface area contributed by atoms with Crippen molar-refractivity contribution < 1.29 is 19.1 Å². The Morgan fingerprint density at radius 1 is 1.17 bits per heavy atom. The highest BCUT2D eigenvalue weighted by atomic mass is 28.4. The van der Waals surface area contributed by atoms with Crippen molar-refractivity contribution in [3.05, 3.63) is 0 Å². The van der Waals surface area contributed by atoms with Gasteiger partial charge in [0.25, 0.3) is 0 Å². The van der Waals surface area contributed by atoms with Crippen LogP contribution in [-0.4, -0.2) is 43.9 Å². The highest BCUT2D eigenvalue weighted by molar-refractivity contribution is 6.74. The minimum absolute atomic E-state index is 0.0148. The highest BCUT2D eigenvalue weighted by Gasteiger charge is 2.41. The molecular weight excluding hydrogens is 322 g/mol. The highest BCUT2D eigenvalue weighted by Crippen LogP contribution is 2.39. The van der Waals surface area contributed by atoms with E-state index < -0.39 is 20.0 Å². The summed E-state index contributed by atoms with van der Waals surface area (Å²) in [5, 5.41) is 12.8. The van der Waals surface area contributed by atoms with Crippen molar-refractivity contribution in [2.75, 3.05) is 6.61 Å². The van der Waals surface area contributed by atoms with Crippen LogP contribution in [0, 0.1) is 5.92 Å². The molecule has 142 valence electrons. The fourth-order valence-electron chi connectivity index (χ4n) is 2.77. The van der Waals surface area contributed by atoms with Gasteiger partial charge in [0.05, 0.1) is 0 Å². The molecule has 0 spiro atoms. The second-order valence-electron chi connectivity index (χ2n) is 9.51. The zero-order valence-electron chi connectivity index (χ0n) is 16.7. The van der Waals surface area contributed by atoms with E-state index in [9.17, 15) is 9.90 Å². The standard InChI is InChI=1S/C18H37NO4Si/c1-17(2,3)22-16(21)19-15-10-9-14(11-13(15)12-20)23-24(7,8)18(4,5)6/h13-15,20H,9-12H2,1-8H3,(H,19,21)/t13-,14+,15+/m1/s1. The van der Waals surface area contributed by atoms with Gasteiger partial charge in [-0.25, -0.2) is 4.79 Å². The Hall–Kier alpha value is -0.593. The maximum absolute atomic E-state index is 12.0. The lowest BCUT2D eigenvalue weighted by atomic mass is 9.83. The average Bonchev–Trinajstić information content (AvgIpc) is 2.36. The van der Waals surface area contributed by atoms with E-state index in [-0.39, 0.29) is 29.7 Å². The van der Waals surface area contributed by atoms with E-state index in [1.165, 1.54) is 0 Å². The Balaban J connectivity index is 2.62. The third kappa shape index (κ3) is 6.37. The predicted octanol–water partition coefficient (Wildman–Crippen LogP) is 4.06. The molecule has 24 heavy (non-hydrogen) atoms. The lowest BCUT2D eigenvalue weighted by Crippen LogP contribution is -2.51. The minimum atomic E-state index is -1.81. The molecule has 0 saturated heterocycles. The van der Waals surface area contributed by atoms with Crippen LogP contribution in [0.2, 0.25) is 18.1 Å². The fraction of sp³-hybridized carbons (Fsp3) is 0.944. The molecule has 2 N–H and O–H groups in total. The molecule has 0 radical (unpaired) electrons. The Kier molecular flexibility index (Phi) is 6.92. The number of carbonyl (C=O) groups is 1. The molecule has 1 aliphatic carbocycles. The Morgan fingerprint density at radius 3 is 2.21 bits per heavy atom. The van der Waals surface area contributed by atoms with Crippen molar-refractivity contribution in [1.29, 1.82) is 0 Å². The van der Waals surface area contributed by atoms with Crippen molar-refractivity contribution >= 4 is 14.4 Å². The second kappa shape index (κ2) is 7.75. The lowest BCUT2D eigenvalue weighted by molar-refractivity contribution is 0.0325. The second-order valence-corrected chi connectivity index (χ2v) is 14.3. The Labute approximate surface area is 148 Å². The molecule has 0 bridgehead atoms. The number of ether oxygens (including phenoxy) is 1. The number of aliphatic hydroxyl groups is 1. The molecule has 1 amide bonds. The summed E-state index contributed by atoms with van der Waals surface area (Å²) in [6, 6.07) is -0.0517. The molecule has 0 unspecified atom stereocenters. The summed E-state index contributed by atoms with van der Waals surface area (Å²) in [6.07, 6.45) is 2.26. The number of alkyl carbamates (subject to hydrolysis) is 1. The monoisotopic (exact) mass is 359 g/mol. The fourth-order valence-corrected chi connectivity index (χ4v) is 4.17. The molecule has 0 aromatic rings. The predicted molar refractivity (Wildman–Crippen MR) is 99.7 cm³/mol. The van der Waals surface area contributed by atoms with E-state index in [1.54, 1.807) is 0 Å². The van der Waals surface area contributed by atoms with Gasteiger partial charge in [-0.2, -0.15) is 0 Å². The van der Waals surface area contributed by atoms with E-state index in [0.29, 0.717) is 0 Å². The number of carbonyl (C=O) groups excluding carboxylic acids is 1. The van der Waals surface area contributed by atoms with Crippen molar-refractivity contribution in [3.63, 3.8) is 0 Å². The smallest absolute Gasteiger partial charge is 0.407 e. The van der Waals surface area contributed by atoms with Gasteiger partial charge in [0.15, 0.2) is 8.32 Å².